The smallest absolute Gasteiger partial charge is 0.151 e. The summed E-state index contributed by atoms with van der Waals surface area (Å²) in [6.45, 7) is 0. The van der Waals surface area contributed by atoms with Gasteiger partial charge >= 0.3 is 0 Å². The molecule has 0 spiro atoms. The monoisotopic (exact) mass is 224 g/mol. The van der Waals surface area contributed by atoms with Gasteiger partial charge in [-0.2, -0.15) is 0 Å². The molecule has 0 aliphatic heterocycles. The minimum Gasteiger partial charge on any atom is -0.489 e. The predicted molar refractivity (Wildman–Crippen MR) is 59.7 cm³/mol. The Morgan fingerprint density at radius 2 is 2.07 bits per heavy atom. The third-order valence-corrected chi connectivity index (χ3v) is 3.12. The van der Waals surface area contributed by atoms with Crippen molar-refractivity contribution in [3.63, 3.8) is 0 Å². The summed E-state index contributed by atoms with van der Waals surface area (Å²) in [7, 11) is 0. The van der Waals surface area contributed by atoms with Crippen LogP contribution in [0.3, 0.4) is 0 Å². The largest absolute Gasteiger partial charge is 0.489 e. The fourth-order valence-electron chi connectivity index (χ4n) is 1.90. The highest BCUT2D eigenvalue weighted by Gasteiger charge is 2.18. The fraction of sp³-hybridized carbons (Fsp3) is 0.417. The molecule has 1 saturated carbocycles. The maximum Gasteiger partial charge on any atom is 0.151 e. The highest BCUT2D eigenvalue weighted by Crippen LogP contribution is 2.31. The van der Waals surface area contributed by atoms with Gasteiger partial charge in [-0.1, -0.05) is 17.7 Å². The van der Waals surface area contributed by atoms with E-state index in [-0.39, 0.29) is 6.10 Å². The highest BCUT2D eigenvalue weighted by atomic mass is 35.5. The van der Waals surface area contributed by atoms with Gasteiger partial charge in [-0.3, -0.25) is 4.79 Å². The number of benzene rings is 1. The van der Waals surface area contributed by atoms with Crippen LogP contribution in [0.15, 0.2) is 18.2 Å². The minimum absolute atomic E-state index is 0.268. The van der Waals surface area contributed by atoms with Crippen LogP contribution in [0.25, 0.3) is 0 Å². The average molecular weight is 225 g/mol. The number of carbonyl (C=O) groups excluding carboxylic acids is 1. The van der Waals surface area contributed by atoms with Crippen LogP contribution in [-0.4, -0.2) is 12.4 Å². The van der Waals surface area contributed by atoms with Gasteiger partial charge in [0.25, 0.3) is 0 Å². The second kappa shape index (κ2) is 4.67. The maximum atomic E-state index is 10.7. The molecule has 2 nitrogen and oxygen atoms in total. The lowest BCUT2D eigenvalue weighted by Crippen LogP contribution is -2.11. The molecule has 1 fully saturated rings. The van der Waals surface area contributed by atoms with Crippen LogP contribution in [-0.2, 0) is 0 Å². The Labute approximate surface area is 94.2 Å². The van der Waals surface area contributed by atoms with E-state index < -0.39 is 0 Å². The van der Waals surface area contributed by atoms with Crippen LogP contribution in [0, 0.1) is 0 Å². The topological polar surface area (TPSA) is 26.3 Å². The van der Waals surface area contributed by atoms with E-state index in [2.05, 4.69) is 0 Å². The summed E-state index contributed by atoms with van der Waals surface area (Å²) in [6.07, 6.45) is 5.63. The highest BCUT2D eigenvalue weighted by molar-refractivity contribution is 6.34. The van der Waals surface area contributed by atoms with Gasteiger partial charge < -0.3 is 4.74 Å². The third-order valence-electron chi connectivity index (χ3n) is 2.72. The van der Waals surface area contributed by atoms with E-state index in [4.69, 9.17) is 16.3 Å². The Hall–Kier alpha value is -1.02. The molecule has 0 bridgehead atoms. The van der Waals surface area contributed by atoms with Gasteiger partial charge in [0, 0.05) is 5.56 Å². The predicted octanol–water partition coefficient (Wildman–Crippen LogP) is 3.47. The molecule has 0 unspecified atom stereocenters. The number of rotatable bonds is 3. The normalized spacial score (nSPS) is 16.6. The van der Waals surface area contributed by atoms with Gasteiger partial charge in [-0.05, 0) is 37.8 Å². The van der Waals surface area contributed by atoms with Crippen molar-refractivity contribution in [3.05, 3.63) is 28.8 Å². The van der Waals surface area contributed by atoms with E-state index in [0.29, 0.717) is 16.3 Å². The van der Waals surface area contributed by atoms with Crippen LogP contribution in [0.5, 0.6) is 5.75 Å². The molecule has 0 amide bonds. The van der Waals surface area contributed by atoms with E-state index in [1.165, 1.54) is 12.8 Å². The summed E-state index contributed by atoms with van der Waals surface area (Å²) < 4.78 is 5.76. The van der Waals surface area contributed by atoms with Crippen molar-refractivity contribution in [2.24, 2.45) is 0 Å². The molecule has 0 aromatic heterocycles. The molecule has 3 heteroatoms. The molecule has 1 aliphatic rings. The molecule has 0 N–H and O–H groups in total. The number of hydrogen-bond acceptors (Lipinski definition) is 2. The lowest BCUT2D eigenvalue weighted by Gasteiger charge is -2.14. The maximum absolute atomic E-state index is 10.7. The molecule has 0 heterocycles. The second-order valence-electron chi connectivity index (χ2n) is 3.80. The van der Waals surface area contributed by atoms with Crippen LogP contribution < -0.4 is 4.74 Å². The molecule has 15 heavy (non-hydrogen) atoms. The first-order valence-corrected chi connectivity index (χ1v) is 5.59. The minimum atomic E-state index is 0.268. The molecule has 0 atom stereocenters. The van der Waals surface area contributed by atoms with Gasteiger partial charge in [-0.15, -0.1) is 0 Å². The van der Waals surface area contributed by atoms with Crippen molar-refractivity contribution in [2.75, 3.05) is 0 Å². The van der Waals surface area contributed by atoms with Crippen molar-refractivity contribution in [1.82, 2.24) is 0 Å². The van der Waals surface area contributed by atoms with E-state index >= 15 is 0 Å². The Kier molecular flexibility index (Phi) is 3.27. The van der Waals surface area contributed by atoms with E-state index in [0.717, 1.165) is 19.1 Å². The van der Waals surface area contributed by atoms with Gasteiger partial charge in [0.1, 0.15) is 5.75 Å². The van der Waals surface area contributed by atoms with Crippen molar-refractivity contribution >= 4 is 17.9 Å². The molecular formula is C12H13ClO2. The number of ether oxygens (including phenoxy) is 1. The summed E-state index contributed by atoms with van der Waals surface area (Å²) in [6, 6.07) is 5.30. The van der Waals surface area contributed by atoms with Crippen molar-refractivity contribution < 1.29 is 9.53 Å². The SMILES string of the molecule is O=Cc1cccc(OC2CCCC2)c1Cl. The van der Waals surface area contributed by atoms with Crippen LogP contribution in [0.2, 0.25) is 5.02 Å². The van der Waals surface area contributed by atoms with Gasteiger partial charge in [0.05, 0.1) is 11.1 Å². The molecule has 80 valence electrons. The van der Waals surface area contributed by atoms with Crippen LogP contribution >= 0.6 is 11.6 Å². The van der Waals surface area contributed by atoms with Gasteiger partial charge in [-0.25, -0.2) is 0 Å². The quantitative estimate of drug-likeness (QED) is 0.735. The molecule has 0 saturated heterocycles. The summed E-state index contributed by atoms with van der Waals surface area (Å²) in [5, 5.41) is 0.430. The Balaban J connectivity index is 2.16. The second-order valence-corrected chi connectivity index (χ2v) is 4.18. The standard InChI is InChI=1S/C12H13ClO2/c13-12-9(8-14)4-3-7-11(12)15-10-5-1-2-6-10/h3-4,7-8,10H,1-2,5-6H2. The summed E-state index contributed by atoms with van der Waals surface area (Å²) >= 11 is 6.03. The Morgan fingerprint density at radius 3 is 2.73 bits per heavy atom. The molecule has 1 aromatic carbocycles. The zero-order valence-corrected chi connectivity index (χ0v) is 9.17. The summed E-state index contributed by atoms with van der Waals surface area (Å²) in [4.78, 5) is 10.7. The van der Waals surface area contributed by atoms with Crippen LogP contribution in [0.4, 0.5) is 0 Å². The first-order valence-electron chi connectivity index (χ1n) is 5.21. The fourth-order valence-corrected chi connectivity index (χ4v) is 2.11. The summed E-state index contributed by atoms with van der Waals surface area (Å²) in [5.41, 5.74) is 0.493. The molecular weight excluding hydrogens is 212 g/mol. The summed E-state index contributed by atoms with van der Waals surface area (Å²) in [5.74, 6) is 0.633. The lowest BCUT2D eigenvalue weighted by molar-refractivity contribution is 0.112. The van der Waals surface area contributed by atoms with E-state index in [1.807, 2.05) is 6.07 Å². The van der Waals surface area contributed by atoms with E-state index in [1.54, 1.807) is 12.1 Å². The molecule has 0 radical (unpaired) electrons. The van der Waals surface area contributed by atoms with Crippen molar-refractivity contribution in [1.29, 1.82) is 0 Å². The average Bonchev–Trinajstić information content (AvgIpc) is 2.74. The van der Waals surface area contributed by atoms with Crippen molar-refractivity contribution in [3.8, 4) is 5.75 Å². The Morgan fingerprint density at radius 1 is 1.33 bits per heavy atom. The third kappa shape index (κ3) is 2.32. The number of carbonyl (C=O) groups is 1. The molecule has 2 rings (SSSR count). The first-order chi connectivity index (χ1) is 7.31. The Bertz CT molecular complexity index is 357. The lowest BCUT2D eigenvalue weighted by atomic mass is 10.2. The first kappa shape index (κ1) is 10.5. The van der Waals surface area contributed by atoms with Gasteiger partial charge in [0.2, 0.25) is 0 Å². The zero-order chi connectivity index (χ0) is 10.7. The molecule has 1 aromatic rings. The van der Waals surface area contributed by atoms with Crippen LogP contribution in [0.1, 0.15) is 36.0 Å². The molecule has 1 aliphatic carbocycles. The van der Waals surface area contributed by atoms with Gasteiger partial charge in [0.15, 0.2) is 6.29 Å². The zero-order valence-electron chi connectivity index (χ0n) is 8.41. The number of hydrogen-bond donors (Lipinski definition) is 0. The van der Waals surface area contributed by atoms with E-state index in [9.17, 15) is 4.79 Å². The number of halogens is 1. The number of aldehydes is 1. The van der Waals surface area contributed by atoms with Crippen molar-refractivity contribution in [2.45, 2.75) is 31.8 Å².